The van der Waals surface area contributed by atoms with Gasteiger partial charge in [-0.05, 0) is 24.7 Å². The Morgan fingerprint density at radius 3 is 2.50 bits per heavy atom. The molecule has 0 heterocycles. The molecule has 0 aromatic carbocycles. The molecule has 0 aromatic rings. The Morgan fingerprint density at radius 1 is 1.50 bits per heavy atom. The lowest BCUT2D eigenvalue weighted by Gasteiger charge is -2.09. The summed E-state index contributed by atoms with van der Waals surface area (Å²) in [6.45, 7) is 4.60. The maximum absolute atomic E-state index is 5.23. The van der Waals surface area contributed by atoms with Gasteiger partial charge in [-0.3, -0.25) is 0 Å². The molecular weight excluding hydrogens is 143 g/mol. The van der Waals surface area contributed by atoms with E-state index < -0.39 is 0 Å². The molecule has 0 saturated heterocycles. The van der Waals surface area contributed by atoms with E-state index in [0.29, 0.717) is 6.10 Å². The second-order valence-electron chi connectivity index (χ2n) is 3.38. The SMILES string of the molecule is CC[C@H]1CC(OP)CC1C. The fourth-order valence-corrected chi connectivity index (χ4v) is 2.18. The van der Waals surface area contributed by atoms with Crippen LogP contribution in [-0.2, 0) is 4.52 Å². The van der Waals surface area contributed by atoms with Crippen molar-refractivity contribution in [2.24, 2.45) is 11.8 Å². The third-order valence-corrected chi connectivity index (χ3v) is 3.11. The molecule has 0 spiro atoms. The summed E-state index contributed by atoms with van der Waals surface area (Å²) in [5, 5.41) is 0. The second-order valence-corrected chi connectivity index (χ2v) is 3.65. The second kappa shape index (κ2) is 3.69. The molecule has 1 nitrogen and oxygen atoms in total. The zero-order valence-corrected chi connectivity index (χ0v) is 7.99. The summed E-state index contributed by atoms with van der Waals surface area (Å²) in [7, 11) is 2.38. The summed E-state index contributed by atoms with van der Waals surface area (Å²) < 4.78 is 5.23. The van der Waals surface area contributed by atoms with E-state index in [2.05, 4.69) is 23.3 Å². The van der Waals surface area contributed by atoms with Crippen molar-refractivity contribution in [3.63, 3.8) is 0 Å². The lowest BCUT2D eigenvalue weighted by molar-refractivity contribution is 0.240. The average Bonchev–Trinajstić information content (AvgIpc) is 2.30. The molecule has 0 bridgehead atoms. The smallest absolute Gasteiger partial charge is 0.0616 e. The summed E-state index contributed by atoms with van der Waals surface area (Å²) in [5.74, 6) is 1.78. The highest BCUT2D eigenvalue weighted by Crippen LogP contribution is 2.35. The standard InChI is InChI=1S/C8H17OP/c1-3-7-5-8(9-10)4-6(7)2/h6-8H,3-5,10H2,1-2H3/t6?,7-,8?/m0/s1. The van der Waals surface area contributed by atoms with Crippen LogP contribution in [0.2, 0.25) is 0 Å². The summed E-state index contributed by atoms with van der Waals surface area (Å²) >= 11 is 0. The van der Waals surface area contributed by atoms with Crippen LogP contribution in [0.15, 0.2) is 0 Å². The minimum Gasteiger partial charge on any atom is -0.362 e. The van der Waals surface area contributed by atoms with Crippen LogP contribution in [0.4, 0.5) is 0 Å². The zero-order chi connectivity index (χ0) is 7.56. The molecule has 1 fully saturated rings. The Hall–Kier alpha value is 0.390. The lowest BCUT2D eigenvalue weighted by atomic mass is 9.96. The van der Waals surface area contributed by atoms with E-state index in [-0.39, 0.29) is 0 Å². The van der Waals surface area contributed by atoms with Crippen LogP contribution in [0.3, 0.4) is 0 Å². The molecule has 0 radical (unpaired) electrons. The molecule has 0 N–H and O–H groups in total. The fourth-order valence-electron chi connectivity index (χ4n) is 1.95. The normalized spacial score (nSPS) is 40.5. The molecule has 0 amide bonds. The molecule has 0 aromatic heterocycles. The maximum atomic E-state index is 5.23. The van der Waals surface area contributed by atoms with Crippen LogP contribution in [0, 0.1) is 11.8 Å². The molecule has 3 unspecified atom stereocenters. The lowest BCUT2D eigenvalue weighted by Crippen LogP contribution is -2.01. The van der Waals surface area contributed by atoms with Crippen LogP contribution >= 0.6 is 9.47 Å². The van der Waals surface area contributed by atoms with Gasteiger partial charge in [0.05, 0.1) is 6.10 Å². The van der Waals surface area contributed by atoms with Crippen LogP contribution in [0.5, 0.6) is 0 Å². The van der Waals surface area contributed by atoms with E-state index in [1.165, 1.54) is 19.3 Å². The largest absolute Gasteiger partial charge is 0.362 e. The highest BCUT2D eigenvalue weighted by atomic mass is 31.0. The molecule has 4 atom stereocenters. The van der Waals surface area contributed by atoms with Gasteiger partial charge in [-0.1, -0.05) is 20.3 Å². The van der Waals surface area contributed by atoms with Crippen molar-refractivity contribution in [3.8, 4) is 0 Å². The van der Waals surface area contributed by atoms with E-state index in [0.717, 1.165) is 11.8 Å². The molecule has 1 aliphatic rings. The number of hydrogen-bond acceptors (Lipinski definition) is 1. The van der Waals surface area contributed by atoms with Gasteiger partial charge in [0.25, 0.3) is 0 Å². The Balaban J connectivity index is 2.36. The monoisotopic (exact) mass is 160 g/mol. The third kappa shape index (κ3) is 1.71. The van der Waals surface area contributed by atoms with Gasteiger partial charge in [0.1, 0.15) is 0 Å². The van der Waals surface area contributed by atoms with E-state index >= 15 is 0 Å². The first kappa shape index (κ1) is 8.49. The highest BCUT2D eigenvalue weighted by molar-refractivity contribution is 7.09. The van der Waals surface area contributed by atoms with Crippen LogP contribution in [0.1, 0.15) is 33.1 Å². The Kier molecular flexibility index (Phi) is 3.13. The van der Waals surface area contributed by atoms with Crippen molar-refractivity contribution in [1.29, 1.82) is 0 Å². The molecule has 1 aliphatic carbocycles. The summed E-state index contributed by atoms with van der Waals surface area (Å²) in [5.41, 5.74) is 0. The predicted octanol–water partition coefficient (Wildman–Crippen LogP) is 2.62. The Morgan fingerprint density at radius 2 is 2.20 bits per heavy atom. The molecule has 60 valence electrons. The van der Waals surface area contributed by atoms with Gasteiger partial charge in [-0.2, -0.15) is 0 Å². The topological polar surface area (TPSA) is 9.23 Å². The van der Waals surface area contributed by atoms with Gasteiger partial charge in [0, 0.05) is 9.47 Å². The van der Waals surface area contributed by atoms with Gasteiger partial charge in [-0.25, -0.2) is 0 Å². The van der Waals surface area contributed by atoms with Gasteiger partial charge >= 0.3 is 0 Å². The van der Waals surface area contributed by atoms with E-state index in [9.17, 15) is 0 Å². The van der Waals surface area contributed by atoms with Gasteiger partial charge in [0.15, 0.2) is 0 Å². The molecule has 10 heavy (non-hydrogen) atoms. The van der Waals surface area contributed by atoms with Crippen LogP contribution in [-0.4, -0.2) is 6.10 Å². The van der Waals surface area contributed by atoms with E-state index in [1.807, 2.05) is 0 Å². The van der Waals surface area contributed by atoms with Crippen LogP contribution in [0.25, 0.3) is 0 Å². The van der Waals surface area contributed by atoms with Crippen molar-refractivity contribution < 1.29 is 4.52 Å². The van der Waals surface area contributed by atoms with Gasteiger partial charge < -0.3 is 4.52 Å². The zero-order valence-electron chi connectivity index (χ0n) is 6.84. The molecule has 1 saturated carbocycles. The summed E-state index contributed by atoms with van der Waals surface area (Å²) in [6, 6.07) is 0. The number of hydrogen-bond donors (Lipinski definition) is 0. The molecule has 0 aliphatic heterocycles. The van der Waals surface area contributed by atoms with Gasteiger partial charge in [0.2, 0.25) is 0 Å². The quantitative estimate of drug-likeness (QED) is 0.564. The van der Waals surface area contributed by atoms with Crippen molar-refractivity contribution >= 4 is 9.47 Å². The van der Waals surface area contributed by atoms with Crippen LogP contribution < -0.4 is 0 Å². The Labute approximate surface area is 65.8 Å². The first-order chi connectivity index (χ1) is 4.77. The number of rotatable bonds is 2. The minimum atomic E-state index is 0.518. The van der Waals surface area contributed by atoms with Gasteiger partial charge in [-0.15, -0.1) is 0 Å². The van der Waals surface area contributed by atoms with Crippen molar-refractivity contribution in [3.05, 3.63) is 0 Å². The van der Waals surface area contributed by atoms with Crippen molar-refractivity contribution in [2.45, 2.75) is 39.2 Å². The highest BCUT2D eigenvalue weighted by Gasteiger charge is 2.29. The van der Waals surface area contributed by atoms with Crippen molar-refractivity contribution in [2.75, 3.05) is 0 Å². The average molecular weight is 160 g/mol. The molecular formula is C8H17OP. The van der Waals surface area contributed by atoms with E-state index in [4.69, 9.17) is 4.52 Å². The molecule has 2 heteroatoms. The predicted molar refractivity (Wildman–Crippen MR) is 46.8 cm³/mol. The fraction of sp³-hybridized carbons (Fsp3) is 1.00. The first-order valence-electron chi connectivity index (χ1n) is 4.13. The first-order valence-corrected chi connectivity index (χ1v) is 4.60. The minimum absolute atomic E-state index is 0.518. The van der Waals surface area contributed by atoms with E-state index in [1.54, 1.807) is 0 Å². The van der Waals surface area contributed by atoms with Crippen molar-refractivity contribution in [1.82, 2.24) is 0 Å². The Bertz CT molecular complexity index is 105. The molecule has 1 rings (SSSR count). The third-order valence-electron chi connectivity index (χ3n) is 2.72. The maximum Gasteiger partial charge on any atom is 0.0616 e. The summed E-state index contributed by atoms with van der Waals surface area (Å²) in [4.78, 5) is 0. The summed E-state index contributed by atoms with van der Waals surface area (Å²) in [6.07, 6.45) is 4.35.